The summed E-state index contributed by atoms with van der Waals surface area (Å²) < 4.78 is 31.7. The molecule has 3 rings (SSSR count). The lowest BCUT2D eigenvalue weighted by Crippen LogP contribution is -2.47. The molecule has 2 aromatic rings. The molecule has 0 spiro atoms. The first-order valence-electron chi connectivity index (χ1n) is 12.6. The van der Waals surface area contributed by atoms with Gasteiger partial charge in [0.25, 0.3) is 5.91 Å². The second-order valence-electron chi connectivity index (χ2n) is 10.3. The van der Waals surface area contributed by atoms with E-state index in [1.807, 2.05) is 39.0 Å². The minimum absolute atomic E-state index is 0.0839. The molecule has 1 saturated heterocycles. The fourth-order valence-electron chi connectivity index (χ4n) is 3.82. The number of halogens is 3. The quantitative estimate of drug-likeness (QED) is 0.427. The van der Waals surface area contributed by atoms with Gasteiger partial charge in [0.05, 0.1) is 6.20 Å². The molecule has 2 heterocycles. The van der Waals surface area contributed by atoms with E-state index in [-0.39, 0.29) is 28.7 Å². The number of carbonyl (C=O) groups excluding carboxylic acids is 1. The van der Waals surface area contributed by atoms with Gasteiger partial charge in [-0.3, -0.25) is 20.1 Å². The SMILES string of the molecule is CCCN1CCN(c2ccc(C(=O)NN(CC(C)(C)C)c3nc(C#N)ncc3O)cc2)CC1.O=C(O)C(F)(F)F. The predicted octanol–water partition coefficient (Wildman–Crippen LogP) is 3.42. The topological polar surface area (TPSA) is 146 Å². The van der Waals surface area contributed by atoms with Crippen molar-refractivity contribution in [2.45, 2.75) is 40.3 Å². The Hall–Kier alpha value is -4.12. The number of nitrogens with zero attached hydrogens (tertiary/aromatic N) is 6. The molecule has 0 unspecified atom stereocenters. The summed E-state index contributed by atoms with van der Waals surface area (Å²) in [5.41, 5.74) is 4.21. The highest BCUT2D eigenvalue weighted by Crippen LogP contribution is 2.26. The van der Waals surface area contributed by atoms with Crippen LogP contribution in [0.3, 0.4) is 0 Å². The van der Waals surface area contributed by atoms with Gasteiger partial charge in [-0.1, -0.05) is 27.7 Å². The lowest BCUT2D eigenvalue weighted by Gasteiger charge is -2.36. The average molecular weight is 566 g/mol. The number of aromatic nitrogens is 2. The Balaban J connectivity index is 0.000000708. The highest BCUT2D eigenvalue weighted by molar-refractivity contribution is 5.95. The Kier molecular flexibility index (Phi) is 11.1. The molecule has 218 valence electrons. The molecule has 0 saturated carbocycles. The largest absolute Gasteiger partial charge is 0.503 e. The normalized spacial score (nSPS) is 14.0. The van der Waals surface area contributed by atoms with Gasteiger partial charge in [-0.15, -0.1) is 0 Å². The van der Waals surface area contributed by atoms with Crippen molar-refractivity contribution in [3.8, 4) is 11.8 Å². The number of carboxylic acid groups (broad SMARTS) is 1. The first kappa shape index (κ1) is 32.1. The molecule has 1 aromatic carbocycles. The van der Waals surface area contributed by atoms with Crippen LogP contribution < -0.4 is 15.3 Å². The zero-order valence-electron chi connectivity index (χ0n) is 22.9. The maximum Gasteiger partial charge on any atom is 0.490 e. The van der Waals surface area contributed by atoms with Gasteiger partial charge in [0.15, 0.2) is 11.6 Å². The molecule has 1 fully saturated rings. The number of hydrogen-bond acceptors (Lipinski definition) is 9. The Labute approximate surface area is 230 Å². The van der Waals surface area contributed by atoms with Gasteiger partial charge in [-0.2, -0.15) is 23.4 Å². The van der Waals surface area contributed by atoms with E-state index in [9.17, 15) is 23.1 Å². The van der Waals surface area contributed by atoms with Crippen LogP contribution in [0.1, 0.15) is 50.3 Å². The second-order valence-corrected chi connectivity index (χ2v) is 10.3. The zero-order chi connectivity index (χ0) is 30.1. The Morgan fingerprint density at radius 3 is 2.17 bits per heavy atom. The maximum absolute atomic E-state index is 13.0. The lowest BCUT2D eigenvalue weighted by molar-refractivity contribution is -0.192. The first-order valence-corrected chi connectivity index (χ1v) is 12.6. The van der Waals surface area contributed by atoms with Crippen LogP contribution in [0.15, 0.2) is 30.5 Å². The molecule has 3 N–H and O–H groups in total. The fraction of sp³-hybridized carbons (Fsp3) is 0.500. The van der Waals surface area contributed by atoms with Crippen molar-refractivity contribution in [3.63, 3.8) is 0 Å². The predicted molar refractivity (Wildman–Crippen MR) is 142 cm³/mol. The molecule has 1 aromatic heterocycles. The van der Waals surface area contributed by atoms with Gasteiger partial charge in [0, 0.05) is 44.0 Å². The van der Waals surface area contributed by atoms with E-state index in [2.05, 4.69) is 32.1 Å². The van der Waals surface area contributed by atoms with Crippen molar-refractivity contribution in [1.82, 2.24) is 20.3 Å². The number of benzene rings is 1. The molecule has 0 bridgehead atoms. The highest BCUT2D eigenvalue weighted by atomic mass is 19.4. The number of carboxylic acids is 1. The van der Waals surface area contributed by atoms with Gasteiger partial charge in [-0.05, 0) is 42.6 Å². The van der Waals surface area contributed by atoms with Gasteiger partial charge in [0.2, 0.25) is 5.82 Å². The maximum atomic E-state index is 13.0. The number of piperazine rings is 1. The number of carbonyl (C=O) groups is 2. The van der Waals surface area contributed by atoms with E-state index >= 15 is 0 Å². The Morgan fingerprint density at radius 2 is 1.70 bits per heavy atom. The number of nitriles is 1. The smallest absolute Gasteiger partial charge is 0.490 e. The average Bonchev–Trinajstić information content (AvgIpc) is 2.88. The van der Waals surface area contributed by atoms with Crippen LogP contribution in [0, 0.1) is 16.7 Å². The summed E-state index contributed by atoms with van der Waals surface area (Å²) in [7, 11) is 0. The molecule has 11 nitrogen and oxygen atoms in total. The van der Waals surface area contributed by atoms with Crippen molar-refractivity contribution in [1.29, 1.82) is 5.26 Å². The first-order chi connectivity index (χ1) is 18.6. The van der Waals surface area contributed by atoms with E-state index in [1.54, 1.807) is 12.1 Å². The third kappa shape index (κ3) is 9.88. The standard InChI is InChI=1S/C24H33N7O2.C2HF3O2/c1-5-10-29-11-13-30(14-12-29)19-8-6-18(7-9-19)23(33)28-31(17-24(2,3)4)22-20(32)16-26-21(15-25)27-22;3-2(4,5)1(6)7/h6-9,16,32H,5,10-14,17H2,1-4H3,(H,28,33);(H,6,7). The molecule has 1 aliphatic rings. The summed E-state index contributed by atoms with van der Waals surface area (Å²) in [5.74, 6) is -3.29. The summed E-state index contributed by atoms with van der Waals surface area (Å²) in [6, 6.07) is 9.41. The fourth-order valence-corrected chi connectivity index (χ4v) is 3.82. The third-order valence-corrected chi connectivity index (χ3v) is 5.62. The van der Waals surface area contributed by atoms with Crippen LogP contribution in [0.4, 0.5) is 24.7 Å². The van der Waals surface area contributed by atoms with Crippen LogP contribution in [-0.4, -0.2) is 82.4 Å². The summed E-state index contributed by atoms with van der Waals surface area (Å²) in [4.78, 5) is 34.6. The number of aliphatic carboxylic acids is 1. The van der Waals surface area contributed by atoms with Crippen molar-refractivity contribution >= 4 is 23.4 Å². The lowest BCUT2D eigenvalue weighted by atomic mass is 9.96. The summed E-state index contributed by atoms with van der Waals surface area (Å²) in [5, 5.41) is 28.0. The number of aromatic hydroxyl groups is 1. The molecule has 14 heteroatoms. The van der Waals surface area contributed by atoms with Gasteiger partial charge >= 0.3 is 12.1 Å². The molecule has 1 amide bonds. The van der Waals surface area contributed by atoms with Crippen molar-refractivity contribution < 1.29 is 33.0 Å². The molecule has 0 atom stereocenters. The van der Waals surface area contributed by atoms with Crippen molar-refractivity contribution in [2.24, 2.45) is 5.41 Å². The van der Waals surface area contributed by atoms with E-state index in [4.69, 9.17) is 15.2 Å². The Morgan fingerprint density at radius 1 is 1.12 bits per heavy atom. The second kappa shape index (κ2) is 13.8. The van der Waals surface area contributed by atoms with Gasteiger partial charge < -0.3 is 15.1 Å². The highest BCUT2D eigenvalue weighted by Gasteiger charge is 2.38. The van der Waals surface area contributed by atoms with E-state index in [1.165, 1.54) is 11.4 Å². The minimum atomic E-state index is -5.08. The number of amides is 1. The number of anilines is 2. The van der Waals surface area contributed by atoms with E-state index in [0.29, 0.717) is 12.1 Å². The number of alkyl halides is 3. The van der Waals surface area contributed by atoms with E-state index < -0.39 is 12.1 Å². The van der Waals surface area contributed by atoms with Crippen molar-refractivity contribution in [3.05, 3.63) is 41.9 Å². The van der Waals surface area contributed by atoms with Crippen LogP contribution >= 0.6 is 0 Å². The van der Waals surface area contributed by atoms with Crippen LogP contribution in [0.5, 0.6) is 5.75 Å². The molecular formula is C26H34F3N7O4. The molecule has 0 aliphatic carbocycles. The molecule has 40 heavy (non-hydrogen) atoms. The molecular weight excluding hydrogens is 531 g/mol. The minimum Gasteiger partial charge on any atom is -0.503 e. The van der Waals surface area contributed by atoms with Gasteiger partial charge in [0.1, 0.15) is 6.07 Å². The van der Waals surface area contributed by atoms with Crippen LogP contribution in [0.25, 0.3) is 0 Å². The van der Waals surface area contributed by atoms with Crippen molar-refractivity contribution in [2.75, 3.05) is 49.2 Å². The van der Waals surface area contributed by atoms with E-state index in [0.717, 1.165) is 44.6 Å². The van der Waals surface area contributed by atoms with Crippen LogP contribution in [0.2, 0.25) is 0 Å². The number of rotatable bonds is 7. The Bertz CT molecular complexity index is 1190. The third-order valence-electron chi connectivity index (χ3n) is 5.62. The number of hydrazine groups is 1. The van der Waals surface area contributed by atoms with Gasteiger partial charge in [-0.25, -0.2) is 9.78 Å². The summed E-state index contributed by atoms with van der Waals surface area (Å²) in [6.07, 6.45) is -2.75. The molecule has 1 aliphatic heterocycles. The summed E-state index contributed by atoms with van der Waals surface area (Å²) >= 11 is 0. The number of hydrogen-bond donors (Lipinski definition) is 3. The summed E-state index contributed by atoms with van der Waals surface area (Å²) in [6.45, 7) is 13.8. The zero-order valence-corrected chi connectivity index (χ0v) is 22.9. The number of nitrogens with one attached hydrogen (secondary N) is 1. The van der Waals surface area contributed by atoms with Crippen LogP contribution in [-0.2, 0) is 4.79 Å². The monoisotopic (exact) mass is 565 g/mol. The molecule has 0 radical (unpaired) electrons.